The van der Waals surface area contributed by atoms with Crippen LogP contribution in [0.4, 0.5) is 0 Å². The second kappa shape index (κ2) is 6.82. The van der Waals surface area contributed by atoms with Crippen LogP contribution in [0.25, 0.3) is 5.65 Å². The third-order valence-corrected chi connectivity index (χ3v) is 5.05. The maximum Gasteiger partial charge on any atom is 0.328 e. The number of hydrogen-bond donors (Lipinski definition) is 1. The fourth-order valence-corrected chi connectivity index (χ4v) is 3.51. The molecule has 1 saturated heterocycles. The van der Waals surface area contributed by atoms with Crippen LogP contribution in [0.1, 0.15) is 30.1 Å². The van der Waals surface area contributed by atoms with E-state index in [9.17, 15) is 14.4 Å². The number of carbonyl (C=O) groups excluding carboxylic acids is 1. The molecule has 3 aromatic rings. The summed E-state index contributed by atoms with van der Waals surface area (Å²) in [5.41, 5.74) is 0.229. The maximum absolute atomic E-state index is 12.6. The third kappa shape index (κ3) is 3.27. The molecule has 4 heterocycles. The van der Waals surface area contributed by atoms with Gasteiger partial charge in [-0.05, 0) is 31.9 Å². The summed E-state index contributed by atoms with van der Waals surface area (Å²) in [5.74, 6) is 1.03. The van der Waals surface area contributed by atoms with E-state index in [0.717, 1.165) is 24.3 Å². The largest absolute Gasteiger partial charge is 0.341 e. The number of piperidine rings is 1. The number of rotatable bonds is 3. The number of pyridine rings is 1. The van der Waals surface area contributed by atoms with Gasteiger partial charge in [0, 0.05) is 37.0 Å². The summed E-state index contributed by atoms with van der Waals surface area (Å²) in [6, 6.07) is 5.79. The number of likely N-dealkylation sites (tertiary alicyclic amines) is 1. The number of aryl methyl sites for hydroxylation is 1. The van der Waals surface area contributed by atoms with E-state index in [2.05, 4.69) is 15.2 Å². The molecule has 0 bridgehead atoms. The minimum atomic E-state index is -0.566. The smallest absolute Gasteiger partial charge is 0.328 e. The van der Waals surface area contributed by atoms with E-state index in [0.29, 0.717) is 18.7 Å². The van der Waals surface area contributed by atoms with Gasteiger partial charge in [-0.2, -0.15) is 0 Å². The van der Waals surface area contributed by atoms with Gasteiger partial charge in [0.05, 0.1) is 0 Å². The number of amides is 1. The summed E-state index contributed by atoms with van der Waals surface area (Å²) in [6.45, 7) is 2.73. The molecule has 1 aliphatic heterocycles. The Kier molecular flexibility index (Phi) is 4.35. The van der Waals surface area contributed by atoms with Crippen molar-refractivity contribution in [2.45, 2.75) is 32.2 Å². The molecule has 1 N–H and O–H groups in total. The van der Waals surface area contributed by atoms with Gasteiger partial charge in [0.1, 0.15) is 12.4 Å². The van der Waals surface area contributed by atoms with Gasteiger partial charge in [0.15, 0.2) is 5.65 Å². The van der Waals surface area contributed by atoms with Gasteiger partial charge >= 0.3 is 5.69 Å². The van der Waals surface area contributed by atoms with Crippen LogP contribution in [0, 0.1) is 6.92 Å². The summed E-state index contributed by atoms with van der Waals surface area (Å²) >= 11 is 0. The zero-order valence-electron chi connectivity index (χ0n) is 15.0. The summed E-state index contributed by atoms with van der Waals surface area (Å²) in [7, 11) is 0. The fourth-order valence-electron chi connectivity index (χ4n) is 3.51. The van der Waals surface area contributed by atoms with Crippen LogP contribution >= 0.6 is 0 Å². The van der Waals surface area contributed by atoms with Gasteiger partial charge in [-0.15, -0.1) is 10.2 Å². The van der Waals surface area contributed by atoms with Crippen molar-refractivity contribution >= 4 is 11.6 Å². The third-order valence-electron chi connectivity index (χ3n) is 5.05. The lowest BCUT2D eigenvalue weighted by Gasteiger charge is -2.31. The number of hydrogen-bond acceptors (Lipinski definition) is 5. The van der Waals surface area contributed by atoms with Gasteiger partial charge in [-0.3, -0.25) is 23.5 Å². The number of nitrogens with one attached hydrogen (secondary N) is 1. The molecule has 9 heteroatoms. The van der Waals surface area contributed by atoms with Crippen molar-refractivity contribution < 1.29 is 4.79 Å². The van der Waals surface area contributed by atoms with Crippen LogP contribution in [0.15, 0.2) is 40.2 Å². The van der Waals surface area contributed by atoms with E-state index in [1.165, 1.54) is 10.8 Å². The average Bonchev–Trinajstić information content (AvgIpc) is 3.10. The van der Waals surface area contributed by atoms with E-state index in [-0.39, 0.29) is 18.4 Å². The molecule has 0 unspecified atom stereocenters. The Morgan fingerprint density at radius 2 is 2.00 bits per heavy atom. The van der Waals surface area contributed by atoms with Crippen molar-refractivity contribution in [1.29, 1.82) is 0 Å². The molecule has 0 radical (unpaired) electrons. The molecule has 0 spiro atoms. The summed E-state index contributed by atoms with van der Waals surface area (Å²) in [5, 5.41) is 8.51. The highest BCUT2D eigenvalue weighted by molar-refractivity contribution is 5.76. The molecule has 140 valence electrons. The number of fused-ring (bicyclic) bond motifs is 1. The Morgan fingerprint density at radius 1 is 1.22 bits per heavy atom. The molecule has 3 aromatic heterocycles. The number of aromatic nitrogens is 5. The second-order valence-corrected chi connectivity index (χ2v) is 6.84. The van der Waals surface area contributed by atoms with Crippen molar-refractivity contribution in [3.05, 3.63) is 62.8 Å². The van der Waals surface area contributed by atoms with Crippen molar-refractivity contribution in [3.8, 4) is 0 Å². The highest BCUT2D eigenvalue weighted by Crippen LogP contribution is 2.27. The van der Waals surface area contributed by atoms with Crippen molar-refractivity contribution in [3.63, 3.8) is 0 Å². The predicted octanol–water partition coefficient (Wildman–Crippen LogP) is 0.294. The number of H-pyrrole nitrogens is 1. The van der Waals surface area contributed by atoms with Crippen molar-refractivity contribution in [2.24, 2.45) is 0 Å². The zero-order chi connectivity index (χ0) is 19.0. The van der Waals surface area contributed by atoms with Crippen LogP contribution in [-0.4, -0.2) is 48.0 Å². The molecule has 4 rings (SSSR count). The molecule has 1 aliphatic rings. The van der Waals surface area contributed by atoms with Crippen molar-refractivity contribution in [1.82, 2.24) is 29.0 Å². The Hall–Kier alpha value is -3.23. The zero-order valence-corrected chi connectivity index (χ0v) is 15.0. The van der Waals surface area contributed by atoms with E-state index >= 15 is 0 Å². The van der Waals surface area contributed by atoms with Gasteiger partial charge in [-0.25, -0.2) is 4.79 Å². The molecular formula is C18H20N6O3. The first-order valence-electron chi connectivity index (χ1n) is 8.91. The molecule has 27 heavy (non-hydrogen) atoms. The van der Waals surface area contributed by atoms with E-state index in [1.54, 1.807) is 11.8 Å². The molecule has 1 fully saturated rings. The fraction of sp³-hybridized carbons (Fsp3) is 0.389. The lowest BCUT2D eigenvalue weighted by atomic mass is 9.96. The molecule has 0 aliphatic carbocycles. The van der Waals surface area contributed by atoms with Gasteiger partial charge in [0.2, 0.25) is 5.91 Å². The SMILES string of the molecule is Cc1cn(CC(=O)N2CCC(c3nnc4ccccn34)CC2)c(=O)[nH]c1=O. The standard InChI is InChI=1S/C18H20N6O3/c1-12-10-23(18(27)19-17(12)26)11-15(25)22-8-5-13(6-9-22)16-21-20-14-4-2-3-7-24(14)16/h2-4,7,10,13H,5-6,8-9,11H2,1H3,(H,19,26,27). The Bertz CT molecular complexity index is 1100. The van der Waals surface area contributed by atoms with Gasteiger partial charge in [0.25, 0.3) is 5.56 Å². The van der Waals surface area contributed by atoms with Crippen molar-refractivity contribution in [2.75, 3.05) is 13.1 Å². The van der Waals surface area contributed by atoms with E-state index < -0.39 is 11.2 Å². The summed E-state index contributed by atoms with van der Waals surface area (Å²) in [6.07, 6.45) is 4.96. The predicted molar refractivity (Wildman–Crippen MR) is 97.6 cm³/mol. The van der Waals surface area contributed by atoms with E-state index in [4.69, 9.17) is 0 Å². The lowest BCUT2D eigenvalue weighted by molar-refractivity contribution is -0.133. The average molecular weight is 368 g/mol. The monoisotopic (exact) mass is 368 g/mol. The minimum absolute atomic E-state index is 0.0744. The minimum Gasteiger partial charge on any atom is -0.341 e. The summed E-state index contributed by atoms with van der Waals surface area (Å²) in [4.78, 5) is 39.8. The topological polar surface area (TPSA) is 105 Å². The maximum atomic E-state index is 12.6. The molecule has 0 atom stereocenters. The number of aromatic amines is 1. The Morgan fingerprint density at radius 3 is 2.78 bits per heavy atom. The molecule has 0 saturated carbocycles. The van der Waals surface area contributed by atoms with Crippen LogP contribution in [0.5, 0.6) is 0 Å². The summed E-state index contributed by atoms with van der Waals surface area (Å²) < 4.78 is 3.24. The van der Waals surface area contributed by atoms with E-state index in [1.807, 2.05) is 28.8 Å². The normalized spacial score (nSPS) is 15.4. The van der Waals surface area contributed by atoms with Crippen LogP contribution in [0.2, 0.25) is 0 Å². The first-order chi connectivity index (χ1) is 13.0. The number of nitrogens with zero attached hydrogens (tertiary/aromatic N) is 5. The molecular weight excluding hydrogens is 348 g/mol. The van der Waals surface area contributed by atoms with Gasteiger partial charge in [-0.1, -0.05) is 6.07 Å². The van der Waals surface area contributed by atoms with Crippen LogP contribution in [0.3, 0.4) is 0 Å². The van der Waals surface area contributed by atoms with Gasteiger partial charge < -0.3 is 4.90 Å². The van der Waals surface area contributed by atoms with Crippen LogP contribution < -0.4 is 11.2 Å². The highest BCUT2D eigenvalue weighted by Gasteiger charge is 2.27. The highest BCUT2D eigenvalue weighted by atomic mass is 16.2. The second-order valence-electron chi connectivity index (χ2n) is 6.84. The molecule has 0 aromatic carbocycles. The first-order valence-corrected chi connectivity index (χ1v) is 8.91. The quantitative estimate of drug-likeness (QED) is 0.716. The molecule has 9 nitrogen and oxygen atoms in total. The van der Waals surface area contributed by atoms with Crippen LogP contribution in [-0.2, 0) is 11.3 Å². The molecule has 1 amide bonds. The Labute approximate surface area is 154 Å². The Balaban J connectivity index is 1.43. The first kappa shape index (κ1) is 17.2. The number of carbonyl (C=O) groups is 1. The lowest BCUT2D eigenvalue weighted by Crippen LogP contribution is -2.42.